The zero-order valence-corrected chi connectivity index (χ0v) is 16.7. The van der Waals surface area contributed by atoms with Crippen molar-refractivity contribution < 1.29 is 8.78 Å². The maximum absolute atomic E-state index is 14.9. The molecule has 0 fully saturated rings. The first kappa shape index (κ1) is 20.1. The minimum atomic E-state index is -0.692. The van der Waals surface area contributed by atoms with Crippen molar-refractivity contribution in [1.82, 2.24) is 9.97 Å². The van der Waals surface area contributed by atoms with Crippen LogP contribution in [-0.4, -0.2) is 16.5 Å². The molecule has 0 saturated heterocycles. The van der Waals surface area contributed by atoms with Gasteiger partial charge in [-0.25, -0.2) is 13.8 Å². The van der Waals surface area contributed by atoms with Gasteiger partial charge in [-0.15, -0.1) is 6.42 Å². The summed E-state index contributed by atoms with van der Waals surface area (Å²) in [5.74, 6) is 1.69. The maximum Gasteiger partial charge on any atom is 0.229 e. The fourth-order valence-electron chi connectivity index (χ4n) is 3.54. The number of benzene rings is 2. The van der Waals surface area contributed by atoms with Crippen LogP contribution in [0.25, 0.3) is 6.08 Å². The highest BCUT2D eigenvalue weighted by Crippen LogP contribution is 2.38. The molecule has 7 heteroatoms. The Balaban J connectivity index is 1.70. The van der Waals surface area contributed by atoms with E-state index in [1.54, 1.807) is 24.3 Å². The minimum absolute atomic E-state index is 0.154. The molecule has 0 saturated carbocycles. The lowest BCUT2D eigenvalue weighted by Crippen LogP contribution is -2.18. The van der Waals surface area contributed by atoms with Crippen molar-refractivity contribution in [2.75, 3.05) is 16.8 Å². The van der Waals surface area contributed by atoms with Crippen molar-refractivity contribution in [3.8, 4) is 18.4 Å². The smallest absolute Gasteiger partial charge is 0.229 e. The minimum Gasteiger partial charge on any atom is -0.324 e. The lowest BCUT2D eigenvalue weighted by atomic mass is 10.1. The number of fused-ring (bicyclic) bond motifs is 1. The summed E-state index contributed by atoms with van der Waals surface area (Å²) in [5.41, 5.74) is 3.01. The molecule has 0 unspecified atom stereocenters. The summed E-state index contributed by atoms with van der Waals surface area (Å²) in [6, 6.07) is 11.4. The maximum atomic E-state index is 14.9. The number of hydrogen-bond acceptors (Lipinski definition) is 5. The van der Waals surface area contributed by atoms with Gasteiger partial charge in [0.2, 0.25) is 5.95 Å². The van der Waals surface area contributed by atoms with Gasteiger partial charge in [0.05, 0.1) is 11.6 Å². The Morgan fingerprint density at radius 1 is 1.16 bits per heavy atom. The Morgan fingerprint density at radius 2 is 1.87 bits per heavy atom. The van der Waals surface area contributed by atoms with E-state index in [-0.39, 0.29) is 5.69 Å². The second-order valence-electron chi connectivity index (χ2n) is 6.98. The highest BCUT2D eigenvalue weighted by atomic mass is 19.1. The number of halogens is 2. The van der Waals surface area contributed by atoms with E-state index in [9.17, 15) is 8.78 Å². The van der Waals surface area contributed by atoms with Crippen molar-refractivity contribution in [3.05, 3.63) is 76.5 Å². The molecule has 0 spiro atoms. The molecule has 1 N–H and O–H groups in total. The van der Waals surface area contributed by atoms with Crippen LogP contribution in [-0.2, 0) is 6.42 Å². The average molecular weight is 413 g/mol. The van der Waals surface area contributed by atoms with Gasteiger partial charge in [-0.3, -0.25) is 0 Å². The molecule has 0 atom stereocenters. The van der Waals surface area contributed by atoms with Crippen LogP contribution >= 0.6 is 0 Å². The molecule has 31 heavy (non-hydrogen) atoms. The zero-order chi connectivity index (χ0) is 22.0. The van der Waals surface area contributed by atoms with Crippen LogP contribution in [0.2, 0.25) is 0 Å². The highest BCUT2D eigenvalue weighted by Gasteiger charge is 2.29. The van der Waals surface area contributed by atoms with E-state index in [0.29, 0.717) is 41.5 Å². The lowest BCUT2D eigenvalue weighted by molar-refractivity contribution is 0.581. The predicted molar refractivity (Wildman–Crippen MR) is 116 cm³/mol. The summed E-state index contributed by atoms with van der Waals surface area (Å²) in [4.78, 5) is 10.5. The fourth-order valence-corrected chi connectivity index (χ4v) is 3.54. The first-order valence-corrected chi connectivity index (χ1v) is 9.54. The Labute approximate surface area is 178 Å². The zero-order valence-electron chi connectivity index (χ0n) is 16.7. The van der Waals surface area contributed by atoms with Crippen molar-refractivity contribution in [2.24, 2.45) is 0 Å². The number of terminal acetylenes is 1. The third-order valence-corrected chi connectivity index (χ3v) is 4.98. The largest absolute Gasteiger partial charge is 0.324 e. The quantitative estimate of drug-likeness (QED) is 0.609. The van der Waals surface area contributed by atoms with E-state index in [1.807, 2.05) is 6.92 Å². The van der Waals surface area contributed by atoms with E-state index >= 15 is 0 Å². The molecule has 4 rings (SSSR count). The van der Waals surface area contributed by atoms with Gasteiger partial charge in [-0.05, 0) is 67.5 Å². The number of allylic oxidation sites excluding steroid dienone is 1. The van der Waals surface area contributed by atoms with Crippen LogP contribution in [0.15, 0.2) is 42.5 Å². The second kappa shape index (κ2) is 8.25. The molecule has 0 radical (unpaired) electrons. The number of nitriles is 1. The number of nitrogens with zero attached hydrogens (tertiary/aromatic N) is 4. The molecule has 5 nitrogen and oxygen atoms in total. The summed E-state index contributed by atoms with van der Waals surface area (Å²) in [6.07, 6.45) is 8.60. The Kier molecular flexibility index (Phi) is 5.34. The summed E-state index contributed by atoms with van der Waals surface area (Å²) in [5, 5.41) is 12.0. The first-order chi connectivity index (χ1) is 15.0. The van der Waals surface area contributed by atoms with Crippen molar-refractivity contribution in [1.29, 1.82) is 5.26 Å². The summed E-state index contributed by atoms with van der Waals surface area (Å²) in [6.45, 7) is 2.23. The number of nitrogens with one attached hydrogen (secondary N) is 1. The van der Waals surface area contributed by atoms with Gasteiger partial charge in [-0.1, -0.05) is 5.92 Å². The Morgan fingerprint density at radius 3 is 2.52 bits per heavy atom. The third-order valence-electron chi connectivity index (χ3n) is 4.98. The van der Waals surface area contributed by atoms with Gasteiger partial charge in [0.25, 0.3) is 0 Å². The molecule has 2 aromatic carbocycles. The summed E-state index contributed by atoms with van der Waals surface area (Å²) >= 11 is 0. The Bertz CT molecular complexity index is 1240. The van der Waals surface area contributed by atoms with Crippen LogP contribution in [0.3, 0.4) is 0 Å². The monoisotopic (exact) mass is 413 g/mol. The number of rotatable bonds is 4. The van der Waals surface area contributed by atoms with Gasteiger partial charge < -0.3 is 10.2 Å². The van der Waals surface area contributed by atoms with Gasteiger partial charge in [0.1, 0.15) is 11.5 Å². The van der Waals surface area contributed by atoms with Crippen molar-refractivity contribution >= 4 is 29.2 Å². The van der Waals surface area contributed by atoms with Gasteiger partial charge in [0.15, 0.2) is 11.6 Å². The van der Waals surface area contributed by atoms with Gasteiger partial charge in [-0.2, -0.15) is 10.2 Å². The molecule has 152 valence electrons. The Hall–Kier alpha value is -4.23. The van der Waals surface area contributed by atoms with Crippen molar-refractivity contribution in [3.63, 3.8) is 0 Å². The first-order valence-electron chi connectivity index (χ1n) is 9.54. The summed E-state index contributed by atoms with van der Waals surface area (Å²) in [7, 11) is 0. The molecule has 0 bridgehead atoms. The predicted octanol–water partition coefficient (Wildman–Crippen LogP) is 5.02. The SMILES string of the molecule is C#C/C=C\c1cc(F)c(N2CCc3c(C)nc(Nc4ccc(C#N)cc4)nc32)c(F)c1. The molecule has 1 aromatic heterocycles. The highest BCUT2D eigenvalue weighted by molar-refractivity contribution is 5.71. The molecule has 0 aliphatic carbocycles. The molecule has 0 amide bonds. The normalized spacial score (nSPS) is 12.5. The van der Waals surface area contributed by atoms with Crippen LogP contribution in [0.4, 0.5) is 31.9 Å². The topological polar surface area (TPSA) is 64.8 Å². The number of hydrogen-bond donors (Lipinski definition) is 1. The van der Waals surface area contributed by atoms with E-state index in [1.165, 1.54) is 29.2 Å². The van der Waals surface area contributed by atoms with Crippen LogP contribution in [0, 0.1) is 42.2 Å². The molecular weight excluding hydrogens is 396 g/mol. The number of aryl methyl sites for hydroxylation is 1. The van der Waals surface area contributed by atoms with E-state index in [0.717, 1.165) is 11.3 Å². The van der Waals surface area contributed by atoms with Gasteiger partial charge >= 0.3 is 0 Å². The third kappa shape index (κ3) is 3.94. The number of anilines is 4. The van der Waals surface area contributed by atoms with E-state index in [4.69, 9.17) is 11.7 Å². The number of aromatic nitrogens is 2. The summed E-state index contributed by atoms with van der Waals surface area (Å²) < 4.78 is 29.7. The van der Waals surface area contributed by atoms with Crippen LogP contribution in [0.5, 0.6) is 0 Å². The standard InChI is InChI=1S/C24H17F2N5/c1-3-4-5-17-12-20(25)22(21(26)13-17)31-11-10-19-15(2)28-24(30-23(19)31)29-18-8-6-16(14-27)7-9-18/h1,4-9,12-13H,10-11H2,2H3,(H,28,29,30)/b5-4-. The van der Waals surface area contributed by atoms with Crippen LogP contribution in [0.1, 0.15) is 22.4 Å². The average Bonchev–Trinajstić information content (AvgIpc) is 3.16. The molecular formula is C24H17F2N5. The second-order valence-corrected chi connectivity index (χ2v) is 6.98. The fraction of sp³-hybridized carbons (Fsp3) is 0.125. The molecule has 1 aliphatic rings. The van der Waals surface area contributed by atoms with Crippen LogP contribution < -0.4 is 10.2 Å². The molecule has 2 heterocycles. The molecule has 1 aliphatic heterocycles. The molecule has 3 aromatic rings. The lowest BCUT2D eigenvalue weighted by Gasteiger charge is -2.21. The van der Waals surface area contributed by atoms with E-state index in [2.05, 4.69) is 27.3 Å². The van der Waals surface area contributed by atoms with Crippen molar-refractivity contribution in [2.45, 2.75) is 13.3 Å². The van der Waals surface area contributed by atoms with E-state index < -0.39 is 11.6 Å². The van der Waals surface area contributed by atoms with Gasteiger partial charge in [0, 0.05) is 23.5 Å².